The van der Waals surface area contributed by atoms with Gasteiger partial charge in [-0.2, -0.15) is 0 Å². The third-order valence-corrected chi connectivity index (χ3v) is 4.70. The van der Waals surface area contributed by atoms with Gasteiger partial charge >= 0.3 is 0 Å². The minimum atomic E-state index is -0.0695. The van der Waals surface area contributed by atoms with Gasteiger partial charge in [0.15, 0.2) is 0 Å². The third-order valence-electron chi connectivity index (χ3n) is 4.70. The van der Waals surface area contributed by atoms with Gasteiger partial charge in [-0.25, -0.2) is 0 Å². The van der Waals surface area contributed by atoms with Crippen molar-refractivity contribution in [2.45, 2.75) is 26.7 Å². The maximum atomic E-state index is 12.2. The van der Waals surface area contributed by atoms with E-state index in [1.165, 1.54) is 5.56 Å². The van der Waals surface area contributed by atoms with E-state index in [9.17, 15) is 4.79 Å². The molecule has 29 heavy (non-hydrogen) atoms. The van der Waals surface area contributed by atoms with Crippen LogP contribution in [0.4, 0.5) is 11.4 Å². The predicted molar refractivity (Wildman–Crippen MR) is 120 cm³/mol. The molecule has 3 aromatic carbocycles. The van der Waals surface area contributed by atoms with Crippen LogP contribution in [0.5, 0.6) is 5.75 Å². The Morgan fingerprint density at radius 3 is 2.45 bits per heavy atom. The Morgan fingerprint density at radius 1 is 0.931 bits per heavy atom. The van der Waals surface area contributed by atoms with Crippen molar-refractivity contribution in [2.24, 2.45) is 0 Å². The van der Waals surface area contributed by atoms with Crippen LogP contribution in [0.15, 0.2) is 72.8 Å². The van der Waals surface area contributed by atoms with Crippen LogP contribution in [0.1, 0.15) is 23.1 Å². The average molecular weight is 389 g/mol. The molecule has 1 amide bonds. The fraction of sp³-hybridized carbons (Fsp3) is 0.240. The smallest absolute Gasteiger partial charge is 0.243 e. The van der Waals surface area contributed by atoms with Gasteiger partial charge in [-0.05, 0) is 73.7 Å². The Bertz CT molecular complexity index is 921. The Morgan fingerprint density at radius 2 is 1.69 bits per heavy atom. The summed E-state index contributed by atoms with van der Waals surface area (Å²) in [4.78, 5) is 12.2. The number of hydrogen-bond donors (Lipinski definition) is 2. The molecule has 0 fully saturated rings. The Labute approximate surface area is 172 Å². The molecule has 0 bridgehead atoms. The SMILES string of the molecule is Cc1ccc(C)c(NC(=O)CNc2ccc(OCCCc3ccccc3)cc2)c1. The van der Waals surface area contributed by atoms with Crippen molar-refractivity contribution in [2.75, 3.05) is 23.8 Å². The molecule has 0 aromatic heterocycles. The molecule has 0 heterocycles. The first-order valence-electron chi connectivity index (χ1n) is 9.98. The van der Waals surface area contributed by atoms with E-state index < -0.39 is 0 Å². The molecule has 0 saturated carbocycles. The minimum absolute atomic E-state index is 0.0695. The molecular formula is C25H28N2O2. The van der Waals surface area contributed by atoms with Gasteiger partial charge in [-0.1, -0.05) is 42.5 Å². The average Bonchev–Trinajstić information content (AvgIpc) is 2.74. The van der Waals surface area contributed by atoms with Crippen LogP contribution < -0.4 is 15.4 Å². The van der Waals surface area contributed by atoms with Crippen molar-refractivity contribution >= 4 is 17.3 Å². The largest absolute Gasteiger partial charge is 0.494 e. The summed E-state index contributed by atoms with van der Waals surface area (Å²) in [5, 5.41) is 6.10. The molecular weight excluding hydrogens is 360 g/mol. The molecule has 0 spiro atoms. The fourth-order valence-electron chi connectivity index (χ4n) is 3.03. The number of amides is 1. The first-order chi connectivity index (χ1) is 14.1. The van der Waals surface area contributed by atoms with Gasteiger partial charge in [0.2, 0.25) is 5.91 Å². The summed E-state index contributed by atoms with van der Waals surface area (Å²) in [7, 11) is 0. The van der Waals surface area contributed by atoms with Crippen molar-refractivity contribution in [3.8, 4) is 5.75 Å². The van der Waals surface area contributed by atoms with E-state index in [4.69, 9.17) is 4.74 Å². The van der Waals surface area contributed by atoms with Crippen molar-refractivity contribution in [1.29, 1.82) is 0 Å². The molecule has 0 unspecified atom stereocenters. The van der Waals surface area contributed by atoms with E-state index in [0.29, 0.717) is 6.61 Å². The van der Waals surface area contributed by atoms with Crippen LogP contribution in [-0.2, 0) is 11.2 Å². The first kappa shape index (κ1) is 20.5. The van der Waals surface area contributed by atoms with E-state index in [1.807, 2.05) is 62.4 Å². The number of nitrogens with one attached hydrogen (secondary N) is 2. The van der Waals surface area contributed by atoms with Crippen LogP contribution in [0, 0.1) is 13.8 Å². The molecule has 3 rings (SSSR count). The summed E-state index contributed by atoms with van der Waals surface area (Å²) in [6.45, 7) is 4.89. The molecule has 4 nitrogen and oxygen atoms in total. The summed E-state index contributed by atoms with van der Waals surface area (Å²) in [5.74, 6) is 0.767. The van der Waals surface area contributed by atoms with Gasteiger partial charge in [-0.3, -0.25) is 4.79 Å². The number of ether oxygens (including phenoxy) is 1. The normalized spacial score (nSPS) is 10.4. The predicted octanol–water partition coefficient (Wildman–Crippen LogP) is 5.37. The second kappa shape index (κ2) is 10.3. The zero-order valence-electron chi connectivity index (χ0n) is 17.1. The molecule has 3 aromatic rings. The number of hydrogen-bond acceptors (Lipinski definition) is 3. The zero-order chi connectivity index (χ0) is 20.5. The van der Waals surface area contributed by atoms with Crippen LogP contribution in [-0.4, -0.2) is 19.1 Å². The molecule has 0 aliphatic heterocycles. The lowest BCUT2D eigenvalue weighted by Gasteiger charge is -2.11. The highest BCUT2D eigenvalue weighted by Gasteiger charge is 2.05. The van der Waals surface area contributed by atoms with Crippen LogP contribution in [0.2, 0.25) is 0 Å². The molecule has 150 valence electrons. The summed E-state index contributed by atoms with van der Waals surface area (Å²) in [6.07, 6.45) is 1.98. The van der Waals surface area contributed by atoms with E-state index in [2.05, 4.69) is 34.9 Å². The lowest BCUT2D eigenvalue weighted by molar-refractivity contribution is -0.114. The molecule has 0 aliphatic carbocycles. The topological polar surface area (TPSA) is 50.4 Å². The molecule has 2 N–H and O–H groups in total. The number of benzene rings is 3. The van der Waals surface area contributed by atoms with Gasteiger partial charge in [-0.15, -0.1) is 0 Å². The van der Waals surface area contributed by atoms with Gasteiger partial charge in [0.25, 0.3) is 0 Å². The third kappa shape index (κ3) is 6.68. The molecule has 0 aliphatic rings. The zero-order valence-corrected chi connectivity index (χ0v) is 17.1. The second-order valence-electron chi connectivity index (χ2n) is 7.18. The summed E-state index contributed by atoms with van der Waals surface area (Å²) in [5.41, 5.74) is 5.25. The van der Waals surface area contributed by atoms with E-state index in [-0.39, 0.29) is 12.5 Å². The van der Waals surface area contributed by atoms with E-state index >= 15 is 0 Å². The van der Waals surface area contributed by atoms with Crippen molar-refractivity contribution in [1.82, 2.24) is 0 Å². The highest BCUT2D eigenvalue weighted by atomic mass is 16.5. The fourth-order valence-corrected chi connectivity index (χ4v) is 3.03. The van der Waals surface area contributed by atoms with Crippen LogP contribution in [0.25, 0.3) is 0 Å². The first-order valence-corrected chi connectivity index (χ1v) is 9.98. The molecule has 0 atom stereocenters. The monoisotopic (exact) mass is 388 g/mol. The van der Waals surface area contributed by atoms with Crippen molar-refractivity contribution < 1.29 is 9.53 Å². The summed E-state index contributed by atoms with van der Waals surface area (Å²) >= 11 is 0. The number of carbonyl (C=O) groups excluding carboxylic acids is 1. The maximum Gasteiger partial charge on any atom is 0.243 e. The Kier molecular flexibility index (Phi) is 7.28. The van der Waals surface area contributed by atoms with Gasteiger partial charge in [0, 0.05) is 11.4 Å². The molecule has 0 saturated heterocycles. The van der Waals surface area contributed by atoms with Gasteiger partial charge in [0.1, 0.15) is 5.75 Å². The molecule has 4 heteroatoms. The minimum Gasteiger partial charge on any atom is -0.494 e. The Balaban J connectivity index is 1.39. The van der Waals surface area contributed by atoms with E-state index in [1.54, 1.807) is 0 Å². The van der Waals surface area contributed by atoms with Gasteiger partial charge in [0.05, 0.1) is 13.2 Å². The second-order valence-corrected chi connectivity index (χ2v) is 7.18. The quantitative estimate of drug-likeness (QED) is 0.485. The lowest BCUT2D eigenvalue weighted by atomic mass is 10.1. The Hall–Kier alpha value is -3.27. The highest BCUT2D eigenvalue weighted by molar-refractivity contribution is 5.94. The van der Waals surface area contributed by atoms with Crippen molar-refractivity contribution in [3.05, 3.63) is 89.5 Å². The van der Waals surface area contributed by atoms with Crippen LogP contribution in [0.3, 0.4) is 0 Å². The standard InChI is InChI=1S/C25H28N2O2/c1-19-10-11-20(2)24(17-19)27-25(28)18-26-22-12-14-23(15-13-22)29-16-6-9-21-7-4-3-5-8-21/h3-5,7-8,10-15,17,26H,6,9,16,18H2,1-2H3,(H,27,28). The van der Waals surface area contributed by atoms with Crippen LogP contribution >= 0.6 is 0 Å². The summed E-state index contributed by atoms with van der Waals surface area (Å²) < 4.78 is 5.80. The lowest BCUT2D eigenvalue weighted by Crippen LogP contribution is -2.22. The summed E-state index contributed by atoms with van der Waals surface area (Å²) in [6, 6.07) is 24.2. The number of aryl methyl sites for hydroxylation is 3. The van der Waals surface area contributed by atoms with E-state index in [0.717, 1.165) is 41.1 Å². The maximum absolute atomic E-state index is 12.2. The highest BCUT2D eigenvalue weighted by Crippen LogP contribution is 2.18. The van der Waals surface area contributed by atoms with Gasteiger partial charge < -0.3 is 15.4 Å². The molecule has 0 radical (unpaired) electrons. The number of rotatable bonds is 9. The number of anilines is 2. The van der Waals surface area contributed by atoms with Crippen molar-refractivity contribution in [3.63, 3.8) is 0 Å². The number of carbonyl (C=O) groups is 1.